The van der Waals surface area contributed by atoms with Crippen LogP contribution in [0, 0.1) is 13.8 Å². The lowest BCUT2D eigenvalue weighted by Gasteiger charge is -2.19. The van der Waals surface area contributed by atoms with Gasteiger partial charge in [0.15, 0.2) is 11.4 Å². The monoisotopic (exact) mass is 792 g/mol. The van der Waals surface area contributed by atoms with Gasteiger partial charge in [0.1, 0.15) is 9.81 Å². The lowest BCUT2D eigenvalue weighted by Crippen LogP contribution is -2.28. The molecule has 0 saturated heterocycles. The van der Waals surface area contributed by atoms with E-state index in [9.17, 15) is 48.5 Å². The summed E-state index contributed by atoms with van der Waals surface area (Å²) in [5.74, 6) is -1.78. The number of nitrogens with one attached hydrogen (secondary N) is 2. The van der Waals surface area contributed by atoms with Crippen LogP contribution in [0.1, 0.15) is 43.0 Å². The largest absolute Gasteiger partial charge is 0.399 e. The number of benzene rings is 4. The van der Waals surface area contributed by atoms with Crippen LogP contribution in [0.4, 0.5) is 22.7 Å². The first-order valence-electron chi connectivity index (χ1n) is 15.3. The summed E-state index contributed by atoms with van der Waals surface area (Å²) in [6, 6.07) is 16.2. The molecule has 54 heavy (non-hydrogen) atoms. The smallest absolute Gasteiger partial charge is 0.296 e. The Balaban J connectivity index is 1.26. The van der Waals surface area contributed by atoms with Crippen molar-refractivity contribution in [3.63, 3.8) is 0 Å². The predicted molar refractivity (Wildman–Crippen MR) is 203 cm³/mol. The van der Waals surface area contributed by atoms with E-state index in [4.69, 9.17) is 11.5 Å². The topological polar surface area (TPSA) is 298 Å². The highest BCUT2D eigenvalue weighted by atomic mass is 32.2. The molecule has 278 valence electrons. The molecule has 0 atom stereocenters. The summed E-state index contributed by atoms with van der Waals surface area (Å²) in [6.07, 6.45) is 1.93. The molecule has 4 aromatic carbocycles. The molecular formula is C34H28N6O11S3. The highest BCUT2D eigenvalue weighted by molar-refractivity contribution is 7.91. The van der Waals surface area contributed by atoms with Crippen molar-refractivity contribution in [2.24, 2.45) is 10.2 Å². The van der Waals surface area contributed by atoms with Crippen LogP contribution in [0.25, 0.3) is 23.3 Å². The number of Topliss-reactive ketones (excluding diaryl/α,β-unsaturated/α-hetero) is 2. The molecule has 0 fully saturated rings. The summed E-state index contributed by atoms with van der Waals surface area (Å²) >= 11 is 0. The third-order valence-electron chi connectivity index (χ3n) is 8.41. The molecule has 20 heteroatoms. The maximum absolute atomic E-state index is 13.4. The van der Waals surface area contributed by atoms with E-state index in [0.29, 0.717) is 33.8 Å². The number of allylic oxidation sites excluding steroid dienone is 2. The zero-order chi connectivity index (χ0) is 39.5. The Morgan fingerprint density at radius 3 is 1.57 bits per heavy atom. The number of nitrogens with zero attached hydrogens (tertiary/aromatic N) is 2. The number of fused-ring (bicyclic) bond motifs is 2. The number of anilines is 4. The summed E-state index contributed by atoms with van der Waals surface area (Å²) in [5.41, 5.74) is 18.9. The quantitative estimate of drug-likeness (QED) is 0.0748. The first-order valence-corrected chi connectivity index (χ1v) is 19.6. The van der Waals surface area contributed by atoms with Gasteiger partial charge >= 0.3 is 0 Å². The fourth-order valence-electron chi connectivity index (χ4n) is 5.76. The van der Waals surface area contributed by atoms with E-state index in [1.165, 1.54) is 18.2 Å². The third kappa shape index (κ3) is 7.28. The zero-order valence-electron chi connectivity index (χ0n) is 27.9. The van der Waals surface area contributed by atoms with Crippen LogP contribution in [0.5, 0.6) is 0 Å². The average molecular weight is 793 g/mol. The van der Waals surface area contributed by atoms with Gasteiger partial charge in [-0.3, -0.25) is 34.1 Å². The van der Waals surface area contributed by atoms with Crippen LogP contribution in [0.15, 0.2) is 91.6 Å². The van der Waals surface area contributed by atoms with Gasteiger partial charge in [-0.05, 0) is 114 Å². The number of nitrogens with two attached hydrogens (primary N) is 2. The van der Waals surface area contributed by atoms with E-state index >= 15 is 0 Å². The summed E-state index contributed by atoms with van der Waals surface area (Å²) in [7, 11) is -14.7. The van der Waals surface area contributed by atoms with Crippen molar-refractivity contribution in [2.45, 2.75) is 18.7 Å². The van der Waals surface area contributed by atoms with Gasteiger partial charge < -0.3 is 11.5 Å². The van der Waals surface area contributed by atoms with Gasteiger partial charge in [-0.2, -0.15) is 35.5 Å². The van der Waals surface area contributed by atoms with E-state index in [-0.39, 0.29) is 27.9 Å². The minimum atomic E-state index is -5.07. The molecule has 2 aliphatic carbocycles. The van der Waals surface area contributed by atoms with Gasteiger partial charge in [-0.15, -0.1) is 0 Å². The maximum Gasteiger partial charge on any atom is 0.296 e. The summed E-state index contributed by atoms with van der Waals surface area (Å²) in [6.45, 7) is 3.44. The molecule has 0 bridgehead atoms. The predicted octanol–water partition coefficient (Wildman–Crippen LogP) is 4.17. The summed E-state index contributed by atoms with van der Waals surface area (Å²) < 4.78 is 101. The fraction of sp³-hybridized carbons (Fsp3) is 0.0588. The molecule has 0 aromatic heterocycles. The second-order valence-electron chi connectivity index (χ2n) is 12.1. The third-order valence-corrected chi connectivity index (χ3v) is 11.0. The minimum absolute atomic E-state index is 0.150. The maximum atomic E-state index is 13.4. The van der Waals surface area contributed by atoms with E-state index in [1.54, 1.807) is 50.2 Å². The summed E-state index contributed by atoms with van der Waals surface area (Å²) in [4.78, 5) is 24.2. The minimum Gasteiger partial charge on any atom is -0.399 e. The Bertz CT molecular complexity index is 2830. The highest BCUT2D eigenvalue weighted by Gasteiger charge is 2.36. The standard InChI is InChI=1S/C34H28N6O11S3/c1-16-9-18(3-7-26(16)37-39-31-28(53(46,47)48)13-20-11-22(35)5-6-24(20)33(31)41)19-4-8-27(17(2)10-19)38-40-32-29(54(49,50)51)14-21-12-23(52(43,44)45)15-25(36)30(21)34(32)42/h3-15,37-38H,35-36H2,1-2H3,(H,43,44,45)(H,46,47,48)(H,49,50,51)/b39-31-,40-32+. The van der Waals surface area contributed by atoms with Crippen LogP contribution in [0.2, 0.25) is 0 Å². The zero-order valence-corrected chi connectivity index (χ0v) is 30.3. The molecule has 0 aliphatic heterocycles. The Morgan fingerprint density at radius 2 is 1.09 bits per heavy atom. The Kier molecular flexibility index (Phi) is 9.38. The van der Waals surface area contributed by atoms with Crippen LogP contribution >= 0.6 is 0 Å². The van der Waals surface area contributed by atoms with Gasteiger partial charge in [0, 0.05) is 16.9 Å². The van der Waals surface area contributed by atoms with Crippen molar-refractivity contribution >= 4 is 88.2 Å². The van der Waals surface area contributed by atoms with E-state index < -0.39 is 68.0 Å². The van der Waals surface area contributed by atoms with Crippen molar-refractivity contribution in [2.75, 3.05) is 22.3 Å². The number of nitrogen functional groups attached to an aromatic ring is 2. The molecule has 0 saturated carbocycles. The molecule has 2 aliphatic rings. The van der Waals surface area contributed by atoms with Crippen molar-refractivity contribution in [1.82, 2.24) is 0 Å². The van der Waals surface area contributed by atoms with Crippen molar-refractivity contribution in [3.05, 3.63) is 110 Å². The molecule has 0 spiro atoms. The molecule has 0 amide bonds. The molecule has 0 unspecified atom stereocenters. The normalized spacial score (nSPS) is 16.1. The molecule has 0 radical (unpaired) electrons. The molecule has 0 heterocycles. The lowest BCUT2D eigenvalue weighted by atomic mass is 9.93. The summed E-state index contributed by atoms with van der Waals surface area (Å²) in [5, 5.41) is 8.01. The van der Waals surface area contributed by atoms with Crippen LogP contribution in [-0.4, -0.2) is 61.9 Å². The number of hydrazone groups is 2. The van der Waals surface area contributed by atoms with Crippen molar-refractivity contribution in [3.8, 4) is 11.1 Å². The van der Waals surface area contributed by atoms with Crippen LogP contribution in [0.3, 0.4) is 0 Å². The van der Waals surface area contributed by atoms with Crippen molar-refractivity contribution < 1.29 is 48.5 Å². The number of carbonyl (C=O) groups is 2. The number of hydrogen-bond donors (Lipinski definition) is 7. The number of carbonyl (C=O) groups excluding carboxylic acids is 2. The first kappa shape index (κ1) is 37.7. The molecular weight excluding hydrogens is 765 g/mol. The Hall–Kier alpha value is -6.03. The van der Waals surface area contributed by atoms with Gasteiger partial charge in [0.05, 0.1) is 21.8 Å². The van der Waals surface area contributed by atoms with Crippen LogP contribution < -0.4 is 22.3 Å². The molecule has 9 N–H and O–H groups in total. The number of hydrogen-bond acceptors (Lipinski definition) is 14. The van der Waals surface area contributed by atoms with Gasteiger partial charge in [-0.25, -0.2) is 0 Å². The second-order valence-corrected chi connectivity index (χ2v) is 16.3. The number of aryl methyl sites for hydroxylation is 2. The van der Waals surface area contributed by atoms with Crippen molar-refractivity contribution in [1.29, 1.82) is 0 Å². The molecule has 4 aromatic rings. The second kappa shape index (κ2) is 13.4. The lowest BCUT2D eigenvalue weighted by molar-refractivity contribution is 0.105. The highest BCUT2D eigenvalue weighted by Crippen LogP contribution is 2.33. The van der Waals surface area contributed by atoms with Gasteiger partial charge in [-0.1, -0.05) is 12.1 Å². The SMILES string of the molecule is Cc1cc(-c2ccc(N/N=C3\C(=O)c4ccc(N)cc4C=C3S(=O)(=O)O)c(C)c2)ccc1N/N=C1/C(=O)c2c(N)cc(S(=O)(=O)O)cc2C=C1S(=O)(=O)O. The fourth-order valence-corrected chi connectivity index (χ4v) is 7.62. The first-order chi connectivity index (χ1) is 25.1. The average Bonchev–Trinajstić information content (AvgIpc) is 3.06. The van der Waals surface area contributed by atoms with Gasteiger partial charge in [0.25, 0.3) is 30.4 Å². The Morgan fingerprint density at radius 1 is 0.593 bits per heavy atom. The molecule has 17 nitrogen and oxygen atoms in total. The van der Waals surface area contributed by atoms with E-state index in [1.807, 2.05) is 0 Å². The van der Waals surface area contributed by atoms with E-state index in [2.05, 4.69) is 21.1 Å². The van der Waals surface area contributed by atoms with Crippen LogP contribution in [-0.2, 0) is 30.4 Å². The Labute approximate surface area is 308 Å². The number of rotatable bonds is 8. The number of ketones is 2. The van der Waals surface area contributed by atoms with Gasteiger partial charge in [0.2, 0.25) is 11.6 Å². The molecule has 6 rings (SSSR count). The van der Waals surface area contributed by atoms with E-state index in [0.717, 1.165) is 29.8 Å².